The minimum atomic E-state index is -1.07. The van der Waals surface area contributed by atoms with Gasteiger partial charge >= 0.3 is 5.97 Å². The summed E-state index contributed by atoms with van der Waals surface area (Å²) in [7, 11) is 0. The summed E-state index contributed by atoms with van der Waals surface area (Å²) in [6.45, 7) is 7.36. The minimum Gasteiger partial charge on any atom is -0.480 e. The van der Waals surface area contributed by atoms with Crippen molar-refractivity contribution in [1.82, 2.24) is 10.6 Å². The zero-order valence-electron chi connectivity index (χ0n) is 13.2. The molecular weight excluding hydrogens is 304 g/mol. The molecule has 1 aromatic heterocycles. The van der Waals surface area contributed by atoms with Crippen LogP contribution in [0.2, 0.25) is 0 Å². The van der Waals surface area contributed by atoms with E-state index in [9.17, 15) is 14.4 Å². The van der Waals surface area contributed by atoms with Crippen molar-refractivity contribution in [2.45, 2.75) is 40.2 Å². The Bertz CT molecular complexity index is 546. The fraction of sp³-hybridized carbons (Fsp3) is 0.533. The number of carbonyl (C=O) groups is 3. The van der Waals surface area contributed by atoms with Gasteiger partial charge in [-0.3, -0.25) is 9.59 Å². The Morgan fingerprint density at radius 1 is 1.27 bits per heavy atom. The van der Waals surface area contributed by atoms with Gasteiger partial charge in [0.05, 0.1) is 11.4 Å². The van der Waals surface area contributed by atoms with E-state index in [2.05, 4.69) is 10.6 Å². The number of thiophene rings is 1. The van der Waals surface area contributed by atoms with E-state index in [-0.39, 0.29) is 18.4 Å². The van der Waals surface area contributed by atoms with Gasteiger partial charge < -0.3 is 15.7 Å². The molecule has 1 atom stereocenters. The van der Waals surface area contributed by atoms with Crippen molar-refractivity contribution in [3.8, 4) is 0 Å². The van der Waals surface area contributed by atoms with Crippen LogP contribution in [0, 0.1) is 19.8 Å². The second-order valence-corrected chi connectivity index (χ2v) is 6.88. The molecule has 1 heterocycles. The van der Waals surface area contributed by atoms with Gasteiger partial charge in [0.15, 0.2) is 0 Å². The van der Waals surface area contributed by atoms with E-state index in [0.717, 1.165) is 10.4 Å². The van der Waals surface area contributed by atoms with Crippen molar-refractivity contribution in [3.05, 3.63) is 21.4 Å². The Morgan fingerprint density at radius 3 is 2.36 bits per heavy atom. The highest BCUT2D eigenvalue weighted by molar-refractivity contribution is 7.14. The molecule has 0 unspecified atom stereocenters. The Kier molecular flexibility index (Phi) is 6.55. The van der Waals surface area contributed by atoms with Crippen LogP contribution in [0.5, 0.6) is 0 Å². The molecule has 0 fully saturated rings. The minimum absolute atomic E-state index is 0.146. The van der Waals surface area contributed by atoms with E-state index in [0.29, 0.717) is 11.3 Å². The number of carboxylic acids is 1. The van der Waals surface area contributed by atoms with E-state index in [1.807, 2.05) is 27.7 Å². The molecule has 0 aliphatic rings. The van der Waals surface area contributed by atoms with Gasteiger partial charge in [0.1, 0.15) is 6.04 Å². The van der Waals surface area contributed by atoms with Gasteiger partial charge in [0.25, 0.3) is 5.91 Å². The Labute approximate surface area is 133 Å². The fourth-order valence-electron chi connectivity index (χ4n) is 1.87. The summed E-state index contributed by atoms with van der Waals surface area (Å²) < 4.78 is 0. The molecule has 0 aliphatic heterocycles. The van der Waals surface area contributed by atoms with Crippen LogP contribution in [0.4, 0.5) is 0 Å². The first-order valence-electron chi connectivity index (χ1n) is 7.08. The number of aryl methyl sites for hydroxylation is 2. The standard InChI is InChI=1S/C15H22N2O4S/c1-8(2)5-11(15(20)21)17-13(18)7-16-14(19)12-6-9(3)10(4)22-12/h6,8,11H,5,7H2,1-4H3,(H,16,19)(H,17,18)(H,20,21)/t11-/m0/s1. The number of hydrogen-bond acceptors (Lipinski definition) is 4. The third-order valence-electron chi connectivity index (χ3n) is 3.14. The second kappa shape index (κ2) is 7.93. The molecule has 1 aromatic rings. The molecule has 0 saturated carbocycles. The van der Waals surface area contributed by atoms with Gasteiger partial charge in [-0.2, -0.15) is 0 Å². The summed E-state index contributed by atoms with van der Waals surface area (Å²) in [5.41, 5.74) is 1.03. The maximum Gasteiger partial charge on any atom is 0.326 e. The summed E-state index contributed by atoms with van der Waals surface area (Å²) in [4.78, 5) is 36.3. The lowest BCUT2D eigenvalue weighted by Crippen LogP contribution is -2.46. The molecule has 22 heavy (non-hydrogen) atoms. The predicted octanol–water partition coefficient (Wildman–Crippen LogP) is 1.71. The summed E-state index contributed by atoms with van der Waals surface area (Å²) in [6, 6.07) is 0.835. The normalized spacial score (nSPS) is 12.0. The molecule has 122 valence electrons. The predicted molar refractivity (Wildman–Crippen MR) is 85.1 cm³/mol. The third-order valence-corrected chi connectivity index (χ3v) is 4.29. The molecule has 0 bridgehead atoms. The highest BCUT2D eigenvalue weighted by Crippen LogP contribution is 2.20. The van der Waals surface area contributed by atoms with Gasteiger partial charge in [-0.15, -0.1) is 11.3 Å². The lowest BCUT2D eigenvalue weighted by atomic mass is 10.0. The van der Waals surface area contributed by atoms with Crippen LogP contribution in [-0.2, 0) is 9.59 Å². The van der Waals surface area contributed by atoms with E-state index in [4.69, 9.17) is 5.11 Å². The SMILES string of the molecule is Cc1cc(C(=O)NCC(=O)N[C@@H](CC(C)C)C(=O)O)sc1C. The summed E-state index contributed by atoms with van der Waals surface area (Å²) in [6.07, 6.45) is 0.346. The van der Waals surface area contributed by atoms with Crippen molar-refractivity contribution < 1.29 is 19.5 Å². The highest BCUT2D eigenvalue weighted by atomic mass is 32.1. The summed E-state index contributed by atoms with van der Waals surface area (Å²) in [5, 5.41) is 14.0. The smallest absolute Gasteiger partial charge is 0.326 e. The molecule has 0 aliphatic carbocycles. The van der Waals surface area contributed by atoms with Crippen molar-refractivity contribution in [2.75, 3.05) is 6.54 Å². The van der Waals surface area contributed by atoms with Crippen LogP contribution in [0.15, 0.2) is 6.07 Å². The summed E-state index contributed by atoms with van der Waals surface area (Å²) in [5.74, 6) is -1.76. The van der Waals surface area contributed by atoms with Crippen LogP contribution in [0.25, 0.3) is 0 Å². The largest absolute Gasteiger partial charge is 0.480 e. The maximum atomic E-state index is 11.9. The maximum absolute atomic E-state index is 11.9. The molecule has 0 aromatic carbocycles. The third kappa shape index (κ3) is 5.48. The molecular formula is C15H22N2O4S. The molecule has 7 heteroatoms. The van der Waals surface area contributed by atoms with Gasteiger partial charge in [-0.05, 0) is 37.8 Å². The van der Waals surface area contributed by atoms with Crippen LogP contribution < -0.4 is 10.6 Å². The lowest BCUT2D eigenvalue weighted by molar-refractivity contribution is -0.142. The number of amides is 2. The number of rotatable bonds is 7. The van der Waals surface area contributed by atoms with Crippen molar-refractivity contribution in [2.24, 2.45) is 5.92 Å². The Balaban J connectivity index is 2.51. The van der Waals surface area contributed by atoms with Gasteiger partial charge in [0, 0.05) is 4.88 Å². The zero-order chi connectivity index (χ0) is 16.9. The zero-order valence-corrected chi connectivity index (χ0v) is 14.0. The van der Waals surface area contributed by atoms with E-state index in [1.165, 1.54) is 11.3 Å². The average molecular weight is 326 g/mol. The van der Waals surface area contributed by atoms with E-state index in [1.54, 1.807) is 6.07 Å². The van der Waals surface area contributed by atoms with Gasteiger partial charge in [0.2, 0.25) is 5.91 Å². The first-order valence-corrected chi connectivity index (χ1v) is 7.89. The number of carbonyl (C=O) groups excluding carboxylic acids is 2. The van der Waals surface area contributed by atoms with Crippen LogP contribution in [0.3, 0.4) is 0 Å². The van der Waals surface area contributed by atoms with Crippen LogP contribution in [-0.4, -0.2) is 35.5 Å². The molecule has 3 N–H and O–H groups in total. The fourth-order valence-corrected chi connectivity index (χ4v) is 2.82. The summed E-state index contributed by atoms with van der Waals surface area (Å²) >= 11 is 1.36. The molecule has 0 spiro atoms. The van der Waals surface area contributed by atoms with E-state index < -0.39 is 17.9 Å². The molecule has 0 saturated heterocycles. The average Bonchev–Trinajstić information content (AvgIpc) is 2.74. The van der Waals surface area contributed by atoms with Crippen molar-refractivity contribution >= 4 is 29.1 Å². The van der Waals surface area contributed by atoms with E-state index >= 15 is 0 Å². The second-order valence-electron chi connectivity index (χ2n) is 5.62. The molecule has 2 amide bonds. The van der Waals surface area contributed by atoms with Crippen molar-refractivity contribution in [1.29, 1.82) is 0 Å². The van der Waals surface area contributed by atoms with Crippen molar-refractivity contribution in [3.63, 3.8) is 0 Å². The highest BCUT2D eigenvalue weighted by Gasteiger charge is 2.21. The first-order chi connectivity index (χ1) is 10.2. The topological polar surface area (TPSA) is 95.5 Å². The molecule has 0 radical (unpaired) electrons. The lowest BCUT2D eigenvalue weighted by Gasteiger charge is -2.16. The first kappa shape index (κ1) is 18.2. The van der Waals surface area contributed by atoms with Gasteiger partial charge in [-0.1, -0.05) is 13.8 Å². The Morgan fingerprint density at radius 2 is 1.91 bits per heavy atom. The number of carboxylic acid groups (broad SMARTS) is 1. The quantitative estimate of drug-likeness (QED) is 0.711. The number of aliphatic carboxylic acids is 1. The van der Waals surface area contributed by atoms with Gasteiger partial charge in [-0.25, -0.2) is 4.79 Å². The monoisotopic (exact) mass is 326 g/mol. The van der Waals surface area contributed by atoms with Crippen LogP contribution >= 0.6 is 11.3 Å². The Hall–Kier alpha value is -1.89. The molecule has 1 rings (SSSR count). The van der Waals surface area contributed by atoms with Crippen LogP contribution in [0.1, 0.15) is 40.4 Å². The number of hydrogen-bond donors (Lipinski definition) is 3. The molecule has 6 nitrogen and oxygen atoms in total. The number of nitrogens with one attached hydrogen (secondary N) is 2.